The molecule has 150 valence electrons. The molecule has 2 heterocycles. The van der Waals surface area contributed by atoms with E-state index in [1.807, 2.05) is 6.07 Å². The van der Waals surface area contributed by atoms with Gasteiger partial charge in [0.05, 0.1) is 7.11 Å². The second-order valence-corrected chi connectivity index (χ2v) is 7.93. The van der Waals surface area contributed by atoms with Gasteiger partial charge in [-0.2, -0.15) is 0 Å². The Morgan fingerprint density at radius 2 is 1.96 bits per heavy atom. The zero-order valence-corrected chi connectivity index (χ0v) is 16.6. The number of rotatable bonds is 7. The summed E-state index contributed by atoms with van der Waals surface area (Å²) in [5.41, 5.74) is 1.29. The average molecular weight is 376 g/mol. The van der Waals surface area contributed by atoms with Crippen LogP contribution in [0.2, 0.25) is 0 Å². The summed E-state index contributed by atoms with van der Waals surface area (Å²) < 4.78 is 10.6. The maximum atomic E-state index is 12.3. The molecule has 0 atom stereocenters. The number of carbonyl (C=O) groups is 1. The fraction of sp³-hybridized carbons (Fsp3) is 0.667. The van der Waals surface area contributed by atoms with E-state index in [1.165, 1.54) is 0 Å². The number of carbonyl (C=O) groups excluding carboxylic acids is 1. The molecule has 0 radical (unpaired) electrons. The van der Waals surface area contributed by atoms with Crippen molar-refractivity contribution in [2.24, 2.45) is 5.41 Å². The number of phenols is 1. The lowest BCUT2D eigenvalue weighted by molar-refractivity contribution is -0.139. The first-order valence-corrected chi connectivity index (χ1v) is 9.90. The smallest absolute Gasteiger partial charge is 0.222 e. The highest BCUT2D eigenvalue weighted by Gasteiger charge is 2.40. The summed E-state index contributed by atoms with van der Waals surface area (Å²) in [4.78, 5) is 16.7. The molecule has 0 saturated carbocycles. The van der Waals surface area contributed by atoms with Crippen LogP contribution in [0.25, 0.3) is 0 Å². The summed E-state index contributed by atoms with van der Waals surface area (Å²) in [7, 11) is 3.37. The van der Waals surface area contributed by atoms with Gasteiger partial charge in [0.25, 0.3) is 0 Å². The van der Waals surface area contributed by atoms with Crippen molar-refractivity contribution in [3.05, 3.63) is 23.8 Å². The predicted molar refractivity (Wildman–Crippen MR) is 104 cm³/mol. The number of methoxy groups -OCH3 is 2. The number of nitrogens with zero attached hydrogens (tertiary/aromatic N) is 2. The van der Waals surface area contributed by atoms with Crippen molar-refractivity contribution in [2.45, 2.75) is 38.6 Å². The Hall–Kier alpha value is -1.79. The third kappa shape index (κ3) is 4.93. The molecule has 2 fully saturated rings. The van der Waals surface area contributed by atoms with Gasteiger partial charge in [-0.15, -0.1) is 0 Å². The molecule has 0 unspecified atom stereocenters. The number of aromatic hydroxyl groups is 1. The predicted octanol–water partition coefficient (Wildman–Crippen LogP) is 2.64. The van der Waals surface area contributed by atoms with Crippen molar-refractivity contribution in [1.82, 2.24) is 9.80 Å². The van der Waals surface area contributed by atoms with Crippen molar-refractivity contribution in [2.75, 3.05) is 47.0 Å². The molecule has 6 heteroatoms. The van der Waals surface area contributed by atoms with Gasteiger partial charge in [0.1, 0.15) is 11.5 Å². The maximum Gasteiger partial charge on any atom is 0.222 e. The number of piperidine rings is 2. The van der Waals surface area contributed by atoms with Gasteiger partial charge in [-0.05, 0) is 62.4 Å². The molecule has 0 bridgehead atoms. The highest BCUT2D eigenvalue weighted by molar-refractivity contribution is 5.77. The third-order valence-electron chi connectivity index (χ3n) is 6.10. The molecule has 1 amide bonds. The minimum absolute atomic E-state index is 0.264. The maximum absolute atomic E-state index is 12.3. The molecule has 27 heavy (non-hydrogen) atoms. The highest BCUT2D eigenvalue weighted by Crippen LogP contribution is 2.40. The third-order valence-corrected chi connectivity index (χ3v) is 6.10. The second-order valence-electron chi connectivity index (χ2n) is 7.93. The first-order chi connectivity index (χ1) is 13.0. The summed E-state index contributed by atoms with van der Waals surface area (Å²) in [6, 6.07) is 5.27. The van der Waals surface area contributed by atoms with Crippen LogP contribution in [-0.4, -0.2) is 67.8 Å². The van der Waals surface area contributed by atoms with Gasteiger partial charge in [0, 0.05) is 45.3 Å². The van der Waals surface area contributed by atoms with Crippen molar-refractivity contribution in [1.29, 1.82) is 0 Å². The van der Waals surface area contributed by atoms with Crippen LogP contribution >= 0.6 is 0 Å². The molecule has 1 spiro atoms. The zero-order chi connectivity index (χ0) is 19.3. The van der Waals surface area contributed by atoms with Gasteiger partial charge in [0.15, 0.2) is 0 Å². The van der Waals surface area contributed by atoms with Gasteiger partial charge in [-0.1, -0.05) is 0 Å². The van der Waals surface area contributed by atoms with Crippen LogP contribution in [0.5, 0.6) is 11.5 Å². The number of hydrogen-bond donors (Lipinski definition) is 1. The Kier molecular flexibility index (Phi) is 6.60. The summed E-state index contributed by atoms with van der Waals surface area (Å²) in [5, 5.41) is 9.78. The van der Waals surface area contributed by atoms with E-state index in [-0.39, 0.29) is 11.2 Å². The number of benzene rings is 1. The van der Waals surface area contributed by atoms with Crippen LogP contribution in [0.4, 0.5) is 0 Å². The van der Waals surface area contributed by atoms with Crippen LogP contribution < -0.4 is 4.74 Å². The zero-order valence-electron chi connectivity index (χ0n) is 16.6. The minimum Gasteiger partial charge on any atom is -0.508 e. The van der Waals surface area contributed by atoms with Crippen molar-refractivity contribution in [3.8, 4) is 11.5 Å². The topological polar surface area (TPSA) is 62.2 Å². The number of ether oxygens (including phenoxy) is 2. The van der Waals surface area contributed by atoms with Crippen LogP contribution in [-0.2, 0) is 16.1 Å². The number of hydrogen-bond acceptors (Lipinski definition) is 5. The van der Waals surface area contributed by atoms with E-state index in [4.69, 9.17) is 9.47 Å². The molecule has 1 aromatic rings. The molecule has 0 aromatic heterocycles. The lowest BCUT2D eigenvalue weighted by Gasteiger charge is -2.47. The normalized spacial score (nSPS) is 20.2. The van der Waals surface area contributed by atoms with Gasteiger partial charge in [-0.3, -0.25) is 9.69 Å². The van der Waals surface area contributed by atoms with Gasteiger partial charge >= 0.3 is 0 Å². The monoisotopic (exact) mass is 376 g/mol. The molecule has 2 saturated heterocycles. The molecule has 1 aromatic carbocycles. The summed E-state index contributed by atoms with van der Waals surface area (Å²) in [6.45, 7) is 5.20. The van der Waals surface area contributed by atoms with Crippen molar-refractivity contribution >= 4 is 5.91 Å². The number of amides is 1. The van der Waals surface area contributed by atoms with Crippen molar-refractivity contribution < 1.29 is 19.4 Å². The number of phenolic OH excluding ortho intramolecular Hbond substituents is 1. The Balaban J connectivity index is 1.56. The van der Waals surface area contributed by atoms with E-state index in [1.54, 1.807) is 26.4 Å². The molecule has 2 aliphatic heterocycles. The molecule has 2 aliphatic rings. The largest absolute Gasteiger partial charge is 0.508 e. The van der Waals surface area contributed by atoms with Gasteiger partial charge in [-0.25, -0.2) is 0 Å². The molecule has 0 aliphatic carbocycles. The fourth-order valence-electron chi connectivity index (χ4n) is 4.43. The van der Waals surface area contributed by atoms with Crippen LogP contribution in [0, 0.1) is 5.41 Å². The minimum atomic E-state index is 0.264. The van der Waals surface area contributed by atoms with Crippen molar-refractivity contribution in [3.63, 3.8) is 0 Å². The summed E-state index contributed by atoms with van der Waals surface area (Å²) >= 11 is 0. The average Bonchev–Trinajstić information content (AvgIpc) is 2.67. The second kappa shape index (κ2) is 8.93. The van der Waals surface area contributed by atoms with Crippen LogP contribution in [0.15, 0.2) is 18.2 Å². The fourth-order valence-corrected chi connectivity index (χ4v) is 4.43. The molecular weight excluding hydrogens is 344 g/mol. The lowest BCUT2D eigenvalue weighted by Crippen LogP contribution is -2.51. The molecule has 3 rings (SSSR count). The Bertz CT molecular complexity index is 641. The lowest BCUT2D eigenvalue weighted by atomic mass is 9.72. The van der Waals surface area contributed by atoms with E-state index in [2.05, 4.69) is 9.80 Å². The quantitative estimate of drug-likeness (QED) is 0.742. The molecular formula is C21H32N2O4. The van der Waals surface area contributed by atoms with Crippen LogP contribution in [0.1, 0.15) is 37.7 Å². The summed E-state index contributed by atoms with van der Waals surface area (Å²) in [6.07, 6.45) is 4.81. The van der Waals surface area contributed by atoms with Crippen LogP contribution in [0.3, 0.4) is 0 Å². The SMILES string of the molecule is COCCCN1CC2(CCC1=O)CCN(Cc1cc(O)ccc1OC)CC2. The molecule has 1 N–H and O–H groups in total. The van der Waals surface area contributed by atoms with E-state index >= 15 is 0 Å². The Labute approximate surface area is 162 Å². The Morgan fingerprint density at radius 3 is 2.67 bits per heavy atom. The van der Waals surface area contributed by atoms with E-state index in [9.17, 15) is 9.90 Å². The van der Waals surface area contributed by atoms with Gasteiger partial charge < -0.3 is 19.5 Å². The summed E-state index contributed by atoms with van der Waals surface area (Å²) in [5.74, 6) is 1.39. The highest BCUT2D eigenvalue weighted by atomic mass is 16.5. The molecule has 6 nitrogen and oxygen atoms in total. The number of likely N-dealkylation sites (tertiary alicyclic amines) is 2. The van der Waals surface area contributed by atoms with E-state index < -0.39 is 0 Å². The standard InChI is InChI=1S/C21H32N2O4/c1-26-13-3-10-23-16-21(7-6-20(23)25)8-11-22(12-9-21)15-17-14-18(24)4-5-19(17)27-2/h4-5,14,24H,3,6-13,15-16H2,1-2H3. The first-order valence-electron chi connectivity index (χ1n) is 9.90. The van der Waals surface area contributed by atoms with E-state index in [0.717, 1.165) is 69.7 Å². The van der Waals surface area contributed by atoms with E-state index in [0.29, 0.717) is 18.9 Å². The Morgan fingerprint density at radius 1 is 1.19 bits per heavy atom. The first kappa shape index (κ1) is 20.0. The van der Waals surface area contributed by atoms with Gasteiger partial charge in [0.2, 0.25) is 5.91 Å².